The lowest BCUT2D eigenvalue weighted by Crippen LogP contribution is -2.14. The number of aryl methyl sites for hydroxylation is 3. The van der Waals surface area contributed by atoms with Crippen LogP contribution in [-0.2, 0) is 19.3 Å². The molecule has 0 amide bonds. The molecule has 3 aromatic rings. The monoisotopic (exact) mass is 496 g/mol. The van der Waals surface area contributed by atoms with Crippen LogP contribution in [0, 0.1) is 29.2 Å². The third kappa shape index (κ3) is 5.85. The van der Waals surface area contributed by atoms with E-state index in [0.717, 1.165) is 50.5 Å². The van der Waals surface area contributed by atoms with Crippen LogP contribution >= 0.6 is 0 Å². The molecule has 0 saturated heterocycles. The fourth-order valence-electron chi connectivity index (χ4n) is 5.50. The van der Waals surface area contributed by atoms with Crippen molar-refractivity contribution in [3.05, 3.63) is 94.1 Å². The molecule has 36 heavy (non-hydrogen) atoms. The summed E-state index contributed by atoms with van der Waals surface area (Å²) in [7, 11) is 0. The van der Waals surface area contributed by atoms with Crippen molar-refractivity contribution in [1.29, 1.82) is 0 Å². The molecule has 0 atom stereocenters. The van der Waals surface area contributed by atoms with E-state index < -0.39 is 23.3 Å². The van der Waals surface area contributed by atoms with E-state index in [1.54, 1.807) is 36.4 Å². The number of rotatable bonds is 9. The summed E-state index contributed by atoms with van der Waals surface area (Å²) in [5, 5.41) is 0. The summed E-state index contributed by atoms with van der Waals surface area (Å²) in [5.41, 5.74) is 3.06. The van der Waals surface area contributed by atoms with E-state index in [1.165, 1.54) is 0 Å². The zero-order valence-electron chi connectivity index (χ0n) is 21.4. The van der Waals surface area contributed by atoms with Crippen LogP contribution in [0.2, 0.25) is 0 Å². The van der Waals surface area contributed by atoms with Gasteiger partial charge in [-0.05, 0) is 91.0 Å². The van der Waals surface area contributed by atoms with Crippen LogP contribution in [-0.4, -0.2) is 0 Å². The second-order valence-electron chi connectivity index (χ2n) is 10.3. The van der Waals surface area contributed by atoms with Gasteiger partial charge in [-0.2, -0.15) is 0 Å². The zero-order chi connectivity index (χ0) is 25.7. The Kier molecular flexibility index (Phi) is 8.87. The van der Waals surface area contributed by atoms with Crippen molar-refractivity contribution in [1.82, 2.24) is 0 Å². The van der Waals surface area contributed by atoms with Gasteiger partial charge in [-0.15, -0.1) is 0 Å². The summed E-state index contributed by atoms with van der Waals surface area (Å²) in [5.74, 6) is -2.21. The highest BCUT2D eigenvalue weighted by molar-refractivity contribution is 5.65. The first kappa shape index (κ1) is 26.4. The Hall–Kier alpha value is -2.62. The molecule has 0 radical (unpaired) electrons. The summed E-state index contributed by atoms with van der Waals surface area (Å²) in [6.07, 6.45) is 8.34. The fraction of sp³-hybridized carbons (Fsp3) is 0.438. The maximum absolute atomic E-state index is 14.9. The minimum atomic E-state index is -0.822. The Morgan fingerprint density at radius 1 is 0.639 bits per heavy atom. The van der Waals surface area contributed by atoms with Crippen molar-refractivity contribution in [3.8, 4) is 11.1 Å². The van der Waals surface area contributed by atoms with E-state index in [2.05, 4.69) is 6.92 Å². The van der Waals surface area contributed by atoms with E-state index in [9.17, 15) is 17.6 Å². The molecule has 0 heterocycles. The Morgan fingerprint density at radius 2 is 1.28 bits per heavy atom. The highest BCUT2D eigenvalue weighted by atomic mass is 19.2. The Balaban J connectivity index is 1.41. The molecular formula is C32H36F4. The molecule has 0 spiro atoms. The lowest BCUT2D eigenvalue weighted by Gasteiger charge is -2.28. The summed E-state index contributed by atoms with van der Waals surface area (Å²) >= 11 is 0. The predicted molar refractivity (Wildman–Crippen MR) is 139 cm³/mol. The van der Waals surface area contributed by atoms with E-state index in [1.807, 2.05) is 19.1 Å². The molecule has 1 aliphatic rings. The summed E-state index contributed by atoms with van der Waals surface area (Å²) in [6.45, 7) is 4.21. The smallest absolute Gasteiger partial charge is 0.166 e. The molecule has 1 aliphatic carbocycles. The number of unbranched alkanes of at least 4 members (excludes halogenated alkanes) is 1. The third-order valence-electron chi connectivity index (χ3n) is 7.97. The maximum atomic E-state index is 14.9. The molecule has 192 valence electrons. The van der Waals surface area contributed by atoms with Crippen molar-refractivity contribution in [2.24, 2.45) is 5.92 Å². The molecule has 3 aromatic carbocycles. The first-order valence-electron chi connectivity index (χ1n) is 13.5. The molecule has 1 fully saturated rings. The molecule has 0 aliphatic heterocycles. The molecule has 1 saturated carbocycles. The summed E-state index contributed by atoms with van der Waals surface area (Å²) < 4.78 is 59.0. The van der Waals surface area contributed by atoms with Crippen molar-refractivity contribution < 1.29 is 17.6 Å². The van der Waals surface area contributed by atoms with Crippen LogP contribution in [0.25, 0.3) is 11.1 Å². The van der Waals surface area contributed by atoms with E-state index >= 15 is 0 Å². The molecule has 4 heteroatoms. The zero-order valence-corrected chi connectivity index (χ0v) is 21.4. The van der Waals surface area contributed by atoms with Crippen LogP contribution in [0.3, 0.4) is 0 Å². The molecule has 0 aromatic heterocycles. The number of halogens is 4. The first-order valence-corrected chi connectivity index (χ1v) is 13.5. The largest absolute Gasteiger partial charge is 0.203 e. The van der Waals surface area contributed by atoms with E-state index in [4.69, 9.17) is 0 Å². The Labute approximate surface area is 212 Å². The van der Waals surface area contributed by atoms with Crippen LogP contribution in [0.4, 0.5) is 17.6 Å². The van der Waals surface area contributed by atoms with Gasteiger partial charge in [-0.1, -0.05) is 75.2 Å². The molecule has 0 N–H and O–H groups in total. The standard InChI is InChI=1S/C32H36F4/c1-3-5-6-25-17-19-27(31(35)29(25)33)24-14-9-22(10-15-24)11-16-26-18-20-28(32(36)30(26)34)23-12-7-21(4-2)8-13-23/h9-10,14-15,17-21,23H,3-8,11-13,16H2,1-2H3. The molecule has 0 bridgehead atoms. The highest BCUT2D eigenvalue weighted by Crippen LogP contribution is 2.38. The van der Waals surface area contributed by atoms with Crippen LogP contribution < -0.4 is 0 Å². The number of hydrogen-bond acceptors (Lipinski definition) is 0. The fourth-order valence-corrected chi connectivity index (χ4v) is 5.50. The van der Waals surface area contributed by atoms with Crippen molar-refractivity contribution >= 4 is 0 Å². The lowest BCUT2D eigenvalue weighted by molar-refractivity contribution is 0.312. The van der Waals surface area contributed by atoms with Gasteiger partial charge in [0.15, 0.2) is 23.3 Å². The number of hydrogen-bond donors (Lipinski definition) is 0. The maximum Gasteiger partial charge on any atom is 0.166 e. The second-order valence-corrected chi connectivity index (χ2v) is 10.3. The quantitative estimate of drug-likeness (QED) is 0.259. The topological polar surface area (TPSA) is 0 Å². The first-order chi connectivity index (χ1) is 17.4. The Bertz CT molecular complexity index is 1160. The summed E-state index contributed by atoms with van der Waals surface area (Å²) in [4.78, 5) is 0. The Morgan fingerprint density at radius 3 is 1.94 bits per heavy atom. The van der Waals surface area contributed by atoms with Crippen LogP contribution in [0.1, 0.15) is 87.0 Å². The van der Waals surface area contributed by atoms with Gasteiger partial charge in [0.05, 0.1) is 0 Å². The second kappa shape index (κ2) is 12.1. The van der Waals surface area contributed by atoms with E-state index in [-0.39, 0.29) is 11.5 Å². The average Bonchev–Trinajstić information content (AvgIpc) is 2.91. The van der Waals surface area contributed by atoms with Crippen molar-refractivity contribution in [2.45, 2.75) is 84.0 Å². The van der Waals surface area contributed by atoms with Gasteiger partial charge in [-0.3, -0.25) is 0 Å². The number of benzene rings is 3. The summed E-state index contributed by atoms with van der Waals surface area (Å²) in [6, 6.07) is 14.0. The normalized spacial score (nSPS) is 17.9. The van der Waals surface area contributed by atoms with Gasteiger partial charge >= 0.3 is 0 Å². The minimum Gasteiger partial charge on any atom is -0.203 e. The van der Waals surface area contributed by atoms with Gasteiger partial charge in [0.2, 0.25) is 0 Å². The van der Waals surface area contributed by atoms with Gasteiger partial charge in [-0.25, -0.2) is 17.6 Å². The van der Waals surface area contributed by atoms with Gasteiger partial charge in [0.1, 0.15) is 0 Å². The average molecular weight is 497 g/mol. The minimum absolute atomic E-state index is 0.106. The third-order valence-corrected chi connectivity index (χ3v) is 7.97. The van der Waals surface area contributed by atoms with Gasteiger partial charge < -0.3 is 0 Å². The van der Waals surface area contributed by atoms with Gasteiger partial charge in [0, 0.05) is 5.56 Å². The SMILES string of the molecule is CCCCc1ccc(-c2ccc(CCc3ccc(C4CCC(CC)CC4)c(F)c3F)cc2)c(F)c1F. The van der Waals surface area contributed by atoms with Crippen molar-refractivity contribution in [2.75, 3.05) is 0 Å². The predicted octanol–water partition coefficient (Wildman–Crippen LogP) is 9.72. The van der Waals surface area contributed by atoms with Gasteiger partial charge in [0.25, 0.3) is 0 Å². The molecule has 0 unspecified atom stereocenters. The molecule has 4 rings (SSSR count). The highest BCUT2D eigenvalue weighted by Gasteiger charge is 2.25. The van der Waals surface area contributed by atoms with Crippen LogP contribution in [0.5, 0.6) is 0 Å². The lowest BCUT2D eigenvalue weighted by atomic mass is 9.77. The van der Waals surface area contributed by atoms with Crippen molar-refractivity contribution in [3.63, 3.8) is 0 Å². The van der Waals surface area contributed by atoms with Crippen LogP contribution in [0.15, 0.2) is 48.5 Å². The molecular weight excluding hydrogens is 460 g/mol. The van der Waals surface area contributed by atoms with E-state index in [0.29, 0.717) is 47.4 Å². The molecule has 0 nitrogen and oxygen atoms in total.